The predicted molar refractivity (Wildman–Crippen MR) is 56.0 cm³/mol. The minimum Gasteiger partial charge on any atom is -0.477 e. The molecule has 2 rings (SSSR count). The zero-order valence-electron chi connectivity index (χ0n) is 9.44. The third-order valence-corrected chi connectivity index (χ3v) is 4.77. The molecular weight excluding hydrogens is 335 g/mol. The lowest BCUT2D eigenvalue weighted by Crippen LogP contribution is -3.61. The molecule has 1 aromatic carbocycles. The molecule has 0 saturated carbocycles. The molecule has 0 atom stereocenters. The summed E-state index contributed by atoms with van der Waals surface area (Å²) in [5, 5.41) is 9.72. The number of carbonyl (C=O) groups is 1. The van der Waals surface area contributed by atoms with Gasteiger partial charge in [-0.1, -0.05) is 18.2 Å². The van der Waals surface area contributed by atoms with Gasteiger partial charge in [-0.25, -0.2) is 4.79 Å². The molecule has 0 amide bonds. The third kappa shape index (κ3) is 2.91. The Hall–Kier alpha value is -1.24. The molecule has 1 aliphatic heterocycles. The van der Waals surface area contributed by atoms with E-state index in [2.05, 4.69) is 0 Å². The minimum absolute atomic E-state index is 0.259. The highest BCUT2D eigenvalue weighted by Gasteiger charge is 2.44. The molecule has 0 aromatic heterocycles. The molecule has 0 unspecified atom stereocenters. The van der Waals surface area contributed by atoms with E-state index in [-0.39, 0.29) is 9.53 Å². The second-order valence-corrected chi connectivity index (χ2v) is 6.76. The van der Waals surface area contributed by atoms with Crippen molar-refractivity contribution in [1.29, 1.82) is 0 Å². The monoisotopic (exact) mass is 347 g/mol. The maximum absolute atomic E-state index is 11.7. The van der Waals surface area contributed by atoms with Crippen molar-refractivity contribution in [3.05, 3.63) is 43.4 Å². The van der Waals surface area contributed by atoms with E-state index in [1.165, 1.54) is 0 Å². The average molecular weight is 347 g/mol. The number of hydrogen-bond donors (Lipinski definition) is 1. The molecule has 5 heteroatoms. The van der Waals surface area contributed by atoms with Crippen molar-refractivity contribution < 1.29 is 40.6 Å². The first-order chi connectivity index (χ1) is 7.98. The van der Waals surface area contributed by atoms with Crippen LogP contribution in [0.5, 0.6) is 0 Å². The number of hydrogen-bond acceptors (Lipinski definition) is 4. The van der Waals surface area contributed by atoms with Crippen LogP contribution in [0.1, 0.15) is 13.8 Å². The first-order valence-corrected chi connectivity index (χ1v) is 7.19. The highest BCUT2D eigenvalue weighted by Crippen LogP contribution is 2.21. The maximum Gasteiger partial charge on any atom is 0.396 e. The van der Waals surface area contributed by atoms with E-state index in [0.29, 0.717) is 0 Å². The summed E-state index contributed by atoms with van der Waals surface area (Å²) in [6.07, 6.45) is 0. The topological polar surface area (TPSA) is 55.8 Å². The molecule has 1 heterocycles. The van der Waals surface area contributed by atoms with Gasteiger partial charge in [-0.2, -0.15) is 0 Å². The van der Waals surface area contributed by atoms with E-state index in [4.69, 9.17) is 9.47 Å². The number of benzene rings is 1. The van der Waals surface area contributed by atoms with Crippen LogP contribution in [0, 0.1) is 3.57 Å². The first-order valence-electron chi connectivity index (χ1n) is 5.03. The van der Waals surface area contributed by atoms with Crippen LogP contribution in [0.15, 0.2) is 39.9 Å². The van der Waals surface area contributed by atoms with Crippen molar-refractivity contribution in [2.24, 2.45) is 0 Å². The summed E-state index contributed by atoms with van der Waals surface area (Å²) >= 11 is -0.787. The third-order valence-electron chi connectivity index (χ3n) is 1.98. The molecule has 0 fully saturated rings. The summed E-state index contributed by atoms with van der Waals surface area (Å²) in [5.41, 5.74) is 0. The number of ether oxygens (including phenoxy) is 2. The fourth-order valence-electron chi connectivity index (χ4n) is 1.32. The smallest absolute Gasteiger partial charge is 0.396 e. The average Bonchev–Trinajstić information content (AvgIpc) is 2.24. The Kier molecular flexibility index (Phi) is 3.28. The van der Waals surface area contributed by atoms with E-state index < -0.39 is 33.0 Å². The summed E-state index contributed by atoms with van der Waals surface area (Å²) in [7, 11) is 0. The lowest BCUT2D eigenvalue weighted by Gasteiger charge is -2.27. The van der Waals surface area contributed by atoms with Gasteiger partial charge >= 0.3 is 36.7 Å². The van der Waals surface area contributed by atoms with E-state index in [0.717, 1.165) is 3.57 Å². The van der Waals surface area contributed by atoms with Crippen LogP contribution in [-0.4, -0.2) is 16.9 Å². The Morgan fingerprint density at radius 3 is 2.41 bits per heavy atom. The number of aliphatic hydroxyl groups excluding tert-OH is 1. The second kappa shape index (κ2) is 4.56. The number of rotatable bonds is 2. The summed E-state index contributed by atoms with van der Waals surface area (Å²) in [4.78, 5) is 11.7. The van der Waals surface area contributed by atoms with E-state index in [1.807, 2.05) is 30.3 Å². The van der Waals surface area contributed by atoms with Crippen LogP contribution in [-0.2, 0) is 14.3 Å². The number of cyclic esters (lactones) is 1. The second-order valence-electron chi connectivity index (χ2n) is 3.90. The van der Waals surface area contributed by atoms with Gasteiger partial charge in [0.2, 0.25) is 0 Å². The SMILES string of the molecule is CC1(C)OC(=O)C([I+]c2ccccc2)=C(O)O1. The van der Waals surface area contributed by atoms with Crippen molar-refractivity contribution in [3.8, 4) is 0 Å². The molecule has 90 valence electrons. The first kappa shape index (κ1) is 12.2. The molecule has 17 heavy (non-hydrogen) atoms. The quantitative estimate of drug-likeness (QED) is 0.550. The van der Waals surface area contributed by atoms with Crippen LogP contribution in [0.25, 0.3) is 0 Å². The molecule has 0 bridgehead atoms. The van der Waals surface area contributed by atoms with E-state index in [1.54, 1.807) is 13.8 Å². The molecule has 0 aliphatic carbocycles. The van der Waals surface area contributed by atoms with Crippen molar-refractivity contribution in [3.63, 3.8) is 0 Å². The molecule has 4 nitrogen and oxygen atoms in total. The van der Waals surface area contributed by atoms with E-state index >= 15 is 0 Å². The molecule has 1 aliphatic rings. The lowest BCUT2D eigenvalue weighted by molar-refractivity contribution is -0.578. The van der Waals surface area contributed by atoms with Gasteiger partial charge in [0.25, 0.3) is 5.79 Å². The van der Waals surface area contributed by atoms with Gasteiger partial charge in [-0.3, -0.25) is 0 Å². The fraction of sp³-hybridized carbons (Fsp3) is 0.250. The Morgan fingerprint density at radius 1 is 1.18 bits per heavy atom. The Bertz CT molecular complexity index is 465. The number of aliphatic hydroxyl groups is 1. The summed E-state index contributed by atoms with van der Waals surface area (Å²) in [5.74, 6) is -1.89. The Labute approximate surface area is 109 Å². The minimum atomic E-state index is -1.09. The van der Waals surface area contributed by atoms with Gasteiger partial charge in [-0.05, 0) is 12.1 Å². The van der Waals surface area contributed by atoms with Crippen LogP contribution in [0.3, 0.4) is 0 Å². The number of halogens is 1. The van der Waals surface area contributed by atoms with Crippen LogP contribution in [0.2, 0.25) is 0 Å². The molecular formula is C12H12IO4+. The highest BCUT2D eigenvalue weighted by molar-refractivity contribution is 5.86. The summed E-state index contributed by atoms with van der Waals surface area (Å²) in [6.45, 7) is 3.16. The molecule has 1 aromatic rings. The summed E-state index contributed by atoms with van der Waals surface area (Å²) < 4.78 is 11.5. The van der Waals surface area contributed by atoms with Gasteiger partial charge in [0.15, 0.2) is 3.57 Å². The molecule has 0 spiro atoms. The van der Waals surface area contributed by atoms with Crippen LogP contribution in [0.4, 0.5) is 0 Å². The van der Waals surface area contributed by atoms with Crippen LogP contribution < -0.4 is 21.2 Å². The zero-order chi connectivity index (χ0) is 12.5. The van der Waals surface area contributed by atoms with Gasteiger partial charge in [-0.15, -0.1) is 0 Å². The van der Waals surface area contributed by atoms with Crippen molar-refractivity contribution in [2.45, 2.75) is 19.6 Å². The fourth-order valence-corrected chi connectivity index (χ4v) is 3.39. The predicted octanol–water partition coefficient (Wildman–Crippen LogP) is -1.02. The normalized spacial score (nSPS) is 18.6. The zero-order valence-corrected chi connectivity index (χ0v) is 11.6. The Morgan fingerprint density at radius 2 is 1.82 bits per heavy atom. The van der Waals surface area contributed by atoms with Crippen molar-refractivity contribution in [1.82, 2.24) is 0 Å². The van der Waals surface area contributed by atoms with Gasteiger partial charge < -0.3 is 14.6 Å². The van der Waals surface area contributed by atoms with E-state index in [9.17, 15) is 9.90 Å². The Balaban J connectivity index is 2.24. The highest BCUT2D eigenvalue weighted by atomic mass is 127. The lowest BCUT2D eigenvalue weighted by atomic mass is 10.3. The standard InChI is InChI=1S/C12H11IO4/c1-12(2)16-10(14)9(11(15)17-12)13-8-6-4-3-5-7-8/h3-7H,1-2H3/p+1. The largest absolute Gasteiger partial charge is 0.477 e. The summed E-state index contributed by atoms with van der Waals surface area (Å²) in [6, 6.07) is 9.53. The van der Waals surface area contributed by atoms with Crippen LogP contribution >= 0.6 is 0 Å². The maximum atomic E-state index is 11.7. The number of esters is 1. The molecule has 0 saturated heterocycles. The van der Waals surface area contributed by atoms with Gasteiger partial charge in [0, 0.05) is 13.8 Å². The van der Waals surface area contributed by atoms with Gasteiger partial charge in [0.1, 0.15) is 0 Å². The van der Waals surface area contributed by atoms with Crippen molar-refractivity contribution >= 4 is 5.97 Å². The molecule has 0 radical (unpaired) electrons. The van der Waals surface area contributed by atoms with Crippen molar-refractivity contribution in [2.75, 3.05) is 0 Å². The van der Waals surface area contributed by atoms with Gasteiger partial charge in [0.05, 0.1) is 0 Å². The molecule has 1 N–H and O–H groups in total. The number of carbonyl (C=O) groups excluding carboxylic acids is 1.